The van der Waals surface area contributed by atoms with Crippen molar-refractivity contribution in [2.24, 2.45) is 0 Å². The fraction of sp³-hybridized carbons (Fsp3) is 0.286. The van der Waals surface area contributed by atoms with E-state index in [1.165, 1.54) is 12.4 Å². The van der Waals surface area contributed by atoms with Crippen molar-refractivity contribution in [1.82, 2.24) is 15.3 Å². The van der Waals surface area contributed by atoms with E-state index in [0.717, 1.165) is 12.1 Å². The summed E-state index contributed by atoms with van der Waals surface area (Å²) in [7, 11) is 0. The minimum absolute atomic E-state index is 0.0550. The Morgan fingerprint density at radius 3 is 2.68 bits per heavy atom. The fourth-order valence-corrected chi connectivity index (χ4v) is 2.22. The summed E-state index contributed by atoms with van der Waals surface area (Å²) in [5.41, 5.74) is 1.43. The maximum atomic E-state index is 13.8. The molecule has 1 aromatic carbocycles. The SMILES string of the molecule is CCNC(Cc1c(F)cccc1Cl)c1cncnc1. The Morgan fingerprint density at radius 1 is 1.32 bits per heavy atom. The van der Waals surface area contributed by atoms with Crippen LogP contribution in [0.1, 0.15) is 24.1 Å². The van der Waals surface area contributed by atoms with Crippen LogP contribution in [0.3, 0.4) is 0 Å². The lowest BCUT2D eigenvalue weighted by Gasteiger charge is -2.18. The number of rotatable bonds is 5. The summed E-state index contributed by atoms with van der Waals surface area (Å²) in [5, 5.41) is 3.74. The number of aromatic nitrogens is 2. The second-order valence-electron chi connectivity index (χ2n) is 4.19. The Bertz CT molecular complexity index is 513. The summed E-state index contributed by atoms with van der Waals surface area (Å²) >= 11 is 6.06. The van der Waals surface area contributed by atoms with Crippen molar-refractivity contribution in [3.63, 3.8) is 0 Å². The molecule has 1 aromatic heterocycles. The lowest BCUT2D eigenvalue weighted by molar-refractivity contribution is 0.525. The van der Waals surface area contributed by atoms with Gasteiger partial charge >= 0.3 is 0 Å². The van der Waals surface area contributed by atoms with Gasteiger partial charge in [-0.1, -0.05) is 24.6 Å². The van der Waals surface area contributed by atoms with E-state index >= 15 is 0 Å². The highest BCUT2D eigenvalue weighted by Crippen LogP contribution is 2.25. The molecule has 2 aromatic rings. The van der Waals surface area contributed by atoms with Gasteiger partial charge in [0.2, 0.25) is 0 Å². The van der Waals surface area contributed by atoms with Gasteiger partial charge in [0.05, 0.1) is 0 Å². The van der Waals surface area contributed by atoms with Crippen LogP contribution in [0.5, 0.6) is 0 Å². The van der Waals surface area contributed by atoms with Crippen molar-refractivity contribution in [3.8, 4) is 0 Å². The lowest BCUT2D eigenvalue weighted by atomic mass is 10.0. The van der Waals surface area contributed by atoms with Gasteiger partial charge in [-0.3, -0.25) is 0 Å². The average molecular weight is 280 g/mol. The first-order chi connectivity index (χ1) is 9.22. The molecule has 0 spiro atoms. The largest absolute Gasteiger partial charge is 0.310 e. The highest BCUT2D eigenvalue weighted by Gasteiger charge is 2.16. The Morgan fingerprint density at radius 2 is 2.05 bits per heavy atom. The molecule has 5 heteroatoms. The van der Waals surface area contributed by atoms with E-state index in [1.807, 2.05) is 6.92 Å². The highest BCUT2D eigenvalue weighted by molar-refractivity contribution is 6.31. The van der Waals surface area contributed by atoms with Crippen LogP contribution < -0.4 is 5.32 Å². The second kappa shape index (κ2) is 6.59. The molecular formula is C14H15ClFN3. The Balaban J connectivity index is 2.27. The maximum absolute atomic E-state index is 13.8. The average Bonchev–Trinajstić information content (AvgIpc) is 2.43. The van der Waals surface area contributed by atoms with E-state index in [0.29, 0.717) is 17.0 Å². The van der Waals surface area contributed by atoms with Crippen LogP contribution in [0.4, 0.5) is 4.39 Å². The third-order valence-electron chi connectivity index (χ3n) is 2.90. The molecule has 100 valence electrons. The first-order valence-electron chi connectivity index (χ1n) is 6.13. The predicted molar refractivity (Wildman–Crippen MR) is 73.6 cm³/mol. The molecule has 0 fully saturated rings. The topological polar surface area (TPSA) is 37.8 Å². The summed E-state index contributed by atoms with van der Waals surface area (Å²) < 4.78 is 13.8. The van der Waals surface area contributed by atoms with Crippen LogP contribution in [0.15, 0.2) is 36.9 Å². The molecule has 0 aliphatic heterocycles. The molecule has 0 saturated heterocycles. The molecule has 1 atom stereocenters. The van der Waals surface area contributed by atoms with Crippen molar-refractivity contribution in [3.05, 3.63) is 58.9 Å². The first-order valence-corrected chi connectivity index (χ1v) is 6.51. The third kappa shape index (κ3) is 3.49. The van der Waals surface area contributed by atoms with Gasteiger partial charge in [0.1, 0.15) is 12.1 Å². The van der Waals surface area contributed by atoms with Gasteiger partial charge in [-0.25, -0.2) is 14.4 Å². The Labute approximate surface area is 116 Å². The molecule has 1 N–H and O–H groups in total. The lowest BCUT2D eigenvalue weighted by Crippen LogP contribution is -2.23. The summed E-state index contributed by atoms with van der Waals surface area (Å²) in [6.07, 6.45) is 5.40. The fourth-order valence-electron chi connectivity index (χ4n) is 1.98. The van der Waals surface area contributed by atoms with Crippen LogP contribution in [0.25, 0.3) is 0 Å². The summed E-state index contributed by atoms with van der Waals surface area (Å²) in [4.78, 5) is 7.99. The quantitative estimate of drug-likeness (QED) is 0.914. The first kappa shape index (κ1) is 13.9. The van der Waals surface area contributed by atoms with Gasteiger partial charge in [-0.15, -0.1) is 0 Å². The summed E-state index contributed by atoms with van der Waals surface area (Å²) in [6.45, 7) is 2.77. The smallest absolute Gasteiger partial charge is 0.127 e. The van der Waals surface area contributed by atoms with Crippen LogP contribution >= 0.6 is 11.6 Å². The molecule has 2 rings (SSSR count). The Hall–Kier alpha value is -1.52. The Kier molecular flexibility index (Phi) is 4.82. The molecule has 3 nitrogen and oxygen atoms in total. The molecule has 0 aliphatic rings. The number of nitrogens with one attached hydrogen (secondary N) is 1. The van der Waals surface area contributed by atoms with Gasteiger partial charge in [-0.05, 0) is 25.1 Å². The van der Waals surface area contributed by atoms with Crippen molar-refractivity contribution < 1.29 is 4.39 Å². The van der Waals surface area contributed by atoms with E-state index < -0.39 is 0 Å². The molecule has 1 unspecified atom stereocenters. The molecular weight excluding hydrogens is 265 g/mol. The maximum Gasteiger partial charge on any atom is 0.127 e. The van der Waals surface area contributed by atoms with E-state index in [1.54, 1.807) is 24.5 Å². The van der Waals surface area contributed by atoms with Crippen LogP contribution in [-0.2, 0) is 6.42 Å². The van der Waals surface area contributed by atoms with Crippen molar-refractivity contribution in [1.29, 1.82) is 0 Å². The number of likely N-dealkylation sites (N-methyl/N-ethyl adjacent to an activating group) is 1. The molecule has 0 radical (unpaired) electrons. The zero-order valence-corrected chi connectivity index (χ0v) is 11.4. The number of hydrogen-bond acceptors (Lipinski definition) is 3. The minimum atomic E-state index is -0.285. The van der Waals surface area contributed by atoms with E-state index in [2.05, 4.69) is 15.3 Å². The van der Waals surface area contributed by atoms with Crippen molar-refractivity contribution >= 4 is 11.6 Å². The van der Waals surface area contributed by atoms with Crippen molar-refractivity contribution in [2.45, 2.75) is 19.4 Å². The highest BCUT2D eigenvalue weighted by atomic mass is 35.5. The van der Waals surface area contributed by atoms with Gasteiger partial charge in [0, 0.05) is 34.6 Å². The number of nitrogens with zero attached hydrogens (tertiary/aromatic N) is 2. The summed E-state index contributed by atoms with van der Waals surface area (Å²) in [6, 6.07) is 4.67. The second-order valence-corrected chi connectivity index (χ2v) is 4.59. The number of benzene rings is 1. The predicted octanol–water partition coefficient (Wildman–Crippen LogP) is 3.16. The standard InChI is InChI=1S/C14H15ClFN3/c1-2-19-14(10-7-17-9-18-8-10)6-11-12(15)4-3-5-13(11)16/h3-5,7-9,14,19H,2,6H2,1H3. The van der Waals surface area contributed by atoms with Crippen LogP contribution in [0, 0.1) is 5.82 Å². The van der Waals surface area contributed by atoms with Crippen LogP contribution in [-0.4, -0.2) is 16.5 Å². The normalized spacial score (nSPS) is 12.4. The van der Waals surface area contributed by atoms with Gasteiger partial charge in [0.25, 0.3) is 0 Å². The molecule has 19 heavy (non-hydrogen) atoms. The third-order valence-corrected chi connectivity index (χ3v) is 3.26. The monoisotopic (exact) mass is 279 g/mol. The van der Waals surface area contributed by atoms with Crippen molar-refractivity contribution in [2.75, 3.05) is 6.54 Å². The van der Waals surface area contributed by atoms with E-state index in [4.69, 9.17) is 11.6 Å². The van der Waals surface area contributed by atoms with Gasteiger partial charge in [0.15, 0.2) is 0 Å². The molecule has 0 amide bonds. The van der Waals surface area contributed by atoms with Gasteiger partial charge < -0.3 is 5.32 Å². The molecule has 0 bridgehead atoms. The molecule has 0 aliphatic carbocycles. The molecule has 0 saturated carbocycles. The van der Waals surface area contributed by atoms with Crippen LogP contribution in [0.2, 0.25) is 5.02 Å². The molecule has 1 heterocycles. The number of hydrogen-bond donors (Lipinski definition) is 1. The zero-order valence-electron chi connectivity index (χ0n) is 10.6. The zero-order chi connectivity index (χ0) is 13.7. The van der Waals surface area contributed by atoms with E-state index in [9.17, 15) is 4.39 Å². The summed E-state index contributed by atoms with van der Waals surface area (Å²) in [5.74, 6) is -0.285. The van der Waals surface area contributed by atoms with E-state index in [-0.39, 0.29) is 11.9 Å². The van der Waals surface area contributed by atoms with Gasteiger partial charge in [-0.2, -0.15) is 0 Å². The minimum Gasteiger partial charge on any atom is -0.310 e. The number of halogens is 2.